The first kappa shape index (κ1) is 17.6. The van der Waals surface area contributed by atoms with Crippen molar-refractivity contribution in [3.05, 3.63) is 54.3 Å². The lowest BCUT2D eigenvalue weighted by Gasteiger charge is -2.37. The van der Waals surface area contributed by atoms with Gasteiger partial charge in [0.25, 0.3) is 5.91 Å². The van der Waals surface area contributed by atoms with Gasteiger partial charge < -0.3 is 0 Å². The Bertz CT molecular complexity index is 708. The number of rotatable bonds is 6. The molecule has 4 heteroatoms. The molecule has 2 aliphatic rings. The third kappa shape index (κ3) is 2.85. The first-order chi connectivity index (χ1) is 12.2. The second-order valence-electron chi connectivity index (χ2n) is 6.71. The molecule has 1 aromatic carbocycles. The maximum Gasteiger partial charge on any atom is 0.356 e. The summed E-state index contributed by atoms with van der Waals surface area (Å²) in [5, 5.41) is 1.73. The van der Waals surface area contributed by atoms with Gasteiger partial charge in [-0.15, -0.1) is 9.60 Å². The monoisotopic (exact) mass is 339 g/mol. The Morgan fingerprint density at radius 3 is 2.48 bits per heavy atom. The van der Waals surface area contributed by atoms with E-state index in [1.807, 2.05) is 43.3 Å². The van der Waals surface area contributed by atoms with Gasteiger partial charge in [0.1, 0.15) is 6.54 Å². The van der Waals surface area contributed by atoms with Crippen LogP contribution in [0.4, 0.5) is 5.69 Å². The minimum absolute atomic E-state index is 0.00622. The molecule has 1 aliphatic heterocycles. The minimum Gasteiger partial charge on any atom is -0.268 e. The summed E-state index contributed by atoms with van der Waals surface area (Å²) in [6, 6.07) is 9.61. The van der Waals surface area contributed by atoms with Crippen LogP contribution in [-0.4, -0.2) is 23.0 Å². The number of hydrogen-bond acceptors (Lipinski definition) is 2. The van der Waals surface area contributed by atoms with Gasteiger partial charge in [-0.25, -0.2) is 4.79 Å². The predicted molar refractivity (Wildman–Crippen MR) is 99.2 cm³/mol. The summed E-state index contributed by atoms with van der Waals surface area (Å²) in [7, 11) is 0. The third-order valence-corrected chi connectivity index (χ3v) is 5.22. The lowest BCUT2D eigenvalue weighted by Crippen LogP contribution is -2.58. The van der Waals surface area contributed by atoms with Gasteiger partial charge in [0.15, 0.2) is 11.6 Å². The Kier molecular flexibility index (Phi) is 5.19. The van der Waals surface area contributed by atoms with E-state index in [-0.39, 0.29) is 16.4 Å². The number of para-hydroxylation sites is 1. The van der Waals surface area contributed by atoms with Crippen molar-refractivity contribution in [3.8, 4) is 0 Å². The maximum absolute atomic E-state index is 13.5. The molecule has 0 aromatic heterocycles. The van der Waals surface area contributed by atoms with Gasteiger partial charge in [-0.3, -0.25) is 4.79 Å². The Morgan fingerprint density at radius 2 is 1.88 bits per heavy atom. The summed E-state index contributed by atoms with van der Waals surface area (Å²) in [5.41, 5.74) is 1.72. The SMILES string of the molecule is CCCCC1C(=O)N(c2ccccc2)[N+](CC)(C2=CCCC=C2)C1=O. The summed E-state index contributed by atoms with van der Waals surface area (Å²) in [4.78, 5) is 26.8. The summed E-state index contributed by atoms with van der Waals surface area (Å²) < 4.78 is -0.00622. The fraction of sp³-hybridized carbons (Fsp3) is 0.429. The molecule has 4 nitrogen and oxygen atoms in total. The van der Waals surface area contributed by atoms with Gasteiger partial charge in [0.2, 0.25) is 0 Å². The van der Waals surface area contributed by atoms with Gasteiger partial charge in [0.05, 0.1) is 5.69 Å². The molecule has 0 saturated carbocycles. The van der Waals surface area contributed by atoms with E-state index in [1.165, 1.54) is 0 Å². The molecular formula is C21H27N2O2+. The zero-order valence-corrected chi connectivity index (χ0v) is 15.1. The maximum atomic E-state index is 13.5. The van der Waals surface area contributed by atoms with E-state index < -0.39 is 5.92 Å². The first-order valence-electron chi connectivity index (χ1n) is 9.36. The van der Waals surface area contributed by atoms with E-state index in [0.29, 0.717) is 13.0 Å². The fourth-order valence-corrected chi connectivity index (χ4v) is 3.92. The summed E-state index contributed by atoms with van der Waals surface area (Å²) in [6.45, 7) is 4.62. The van der Waals surface area contributed by atoms with Crippen molar-refractivity contribution in [1.82, 2.24) is 0 Å². The molecule has 0 radical (unpaired) electrons. The number of unbranched alkanes of at least 4 members (excludes halogenated alkanes) is 1. The molecule has 1 heterocycles. The van der Waals surface area contributed by atoms with Crippen LogP contribution in [0, 0.1) is 5.92 Å². The van der Waals surface area contributed by atoms with Gasteiger partial charge in [0, 0.05) is 0 Å². The van der Waals surface area contributed by atoms with Crippen LogP contribution < -0.4 is 5.01 Å². The number of likely N-dealkylation sites (N-methyl/N-ethyl adjacent to an activating group) is 1. The van der Waals surface area contributed by atoms with E-state index in [1.54, 1.807) is 5.01 Å². The normalized spacial score (nSPS) is 26.2. The summed E-state index contributed by atoms with van der Waals surface area (Å²) in [5.74, 6) is -0.592. The Morgan fingerprint density at radius 1 is 1.12 bits per heavy atom. The van der Waals surface area contributed by atoms with Crippen LogP contribution in [0.1, 0.15) is 46.0 Å². The molecule has 1 fully saturated rings. The van der Waals surface area contributed by atoms with E-state index in [0.717, 1.165) is 37.1 Å². The van der Waals surface area contributed by atoms with Crippen LogP contribution in [0.2, 0.25) is 0 Å². The van der Waals surface area contributed by atoms with Gasteiger partial charge in [-0.2, -0.15) is 0 Å². The molecule has 132 valence electrons. The van der Waals surface area contributed by atoms with Gasteiger partial charge in [-0.1, -0.05) is 44.0 Å². The number of benzene rings is 1. The van der Waals surface area contributed by atoms with Crippen molar-refractivity contribution >= 4 is 17.5 Å². The minimum atomic E-state index is -0.545. The lowest BCUT2D eigenvalue weighted by atomic mass is 10.0. The van der Waals surface area contributed by atoms with Crippen LogP contribution in [0.5, 0.6) is 0 Å². The fourth-order valence-electron chi connectivity index (χ4n) is 3.92. The highest BCUT2D eigenvalue weighted by Crippen LogP contribution is 2.40. The molecule has 2 unspecified atom stereocenters. The van der Waals surface area contributed by atoms with Crippen molar-refractivity contribution in [1.29, 1.82) is 0 Å². The number of amides is 2. The Labute approximate surface area is 150 Å². The number of anilines is 1. The van der Waals surface area contributed by atoms with E-state index in [2.05, 4.69) is 19.1 Å². The van der Waals surface area contributed by atoms with Crippen molar-refractivity contribution < 1.29 is 14.2 Å². The molecular weight excluding hydrogens is 312 g/mol. The first-order valence-corrected chi connectivity index (χ1v) is 9.36. The molecule has 1 aliphatic carbocycles. The summed E-state index contributed by atoms with van der Waals surface area (Å²) >= 11 is 0. The zero-order valence-electron chi connectivity index (χ0n) is 15.1. The van der Waals surface area contributed by atoms with Crippen LogP contribution in [-0.2, 0) is 9.59 Å². The Balaban J connectivity index is 2.13. The standard InChI is InChI=1S/C21H27N2O2/c1-3-5-16-19-20(24)22(17-12-8-6-9-13-17)23(4-2,21(19)25)18-14-10-7-11-15-18/h6,8-10,12-15,19H,3-5,7,11,16H2,1-2H3/q+1. The second kappa shape index (κ2) is 7.36. The van der Waals surface area contributed by atoms with Gasteiger partial charge in [-0.05, 0) is 50.5 Å². The lowest BCUT2D eigenvalue weighted by molar-refractivity contribution is -0.808. The molecule has 2 atom stereocenters. The highest BCUT2D eigenvalue weighted by molar-refractivity contribution is 6.10. The quantitative estimate of drug-likeness (QED) is 0.571. The molecule has 0 bridgehead atoms. The highest BCUT2D eigenvalue weighted by Gasteiger charge is 2.61. The van der Waals surface area contributed by atoms with Gasteiger partial charge >= 0.3 is 5.91 Å². The van der Waals surface area contributed by atoms with Crippen molar-refractivity contribution in [2.75, 3.05) is 11.6 Å². The molecule has 3 rings (SSSR count). The molecule has 2 amide bonds. The second-order valence-corrected chi connectivity index (χ2v) is 6.71. The topological polar surface area (TPSA) is 37.4 Å². The average Bonchev–Trinajstić information content (AvgIpc) is 2.88. The molecule has 1 saturated heterocycles. The van der Waals surface area contributed by atoms with Crippen molar-refractivity contribution in [2.24, 2.45) is 5.92 Å². The molecule has 25 heavy (non-hydrogen) atoms. The zero-order chi connectivity index (χ0) is 17.9. The summed E-state index contributed by atoms with van der Waals surface area (Å²) in [6.07, 6.45) is 10.7. The Hall–Kier alpha value is -2.20. The van der Waals surface area contributed by atoms with Crippen LogP contribution in [0.15, 0.2) is 54.3 Å². The van der Waals surface area contributed by atoms with Crippen molar-refractivity contribution in [2.45, 2.75) is 46.0 Å². The molecule has 0 N–H and O–H groups in total. The smallest absolute Gasteiger partial charge is 0.268 e. The van der Waals surface area contributed by atoms with Crippen LogP contribution in [0.3, 0.4) is 0 Å². The number of carbonyl (C=O) groups excluding carboxylic acids is 2. The largest absolute Gasteiger partial charge is 0.356 e. The van der Waals surface area contributed by atoms with Crippen molar-refractivity contribution in [3.63, 3.8) is 0 Å². The number of nitrogens with zero attached hydrogens (tertiary/aromatic N) is 2. The molecule has 1 aromatic rings. The predicted octanol–water partition coefficient (Wildman–Crippen LogP) is 4.35. The van der Waals surface area contributed by atoms with E-state index in [9.17, 15) is 9.59 Å². The average molecular weight is 339 g/mol. The third-order valence-electron chi connectivity index (χ3n) is 5.22. The number of carbonyl (C=O) groups is 2. The van der Waals surface area contributed by atoms with Crippen LogP contribution >= 0.6 is 0 Å². The van der Waals surface area contributed by atoms with E-state index >= 15 is 0 Å². The van der Waals surface area contributed by atoms with E-state index in [4.69, 9.17) is 0 Å². The molecule has 0 spiro atoms. The number of allylic oxidation sites excluding steroid dienone is 3. The number of quaternary nitrogens is 1. The van der Waals surface area contributed by atoms with Crippen LogP contribution in [0.25, 0.3) is 0 Å². The number of hydrogen-bond donors (Lipinski definition) is 0. The highest BCUT2D eigenvalue weighted by atomic mass is 16.2.